The number of hydrogen-bond acceptors (Lipinski definition) is 7. The smallest absolute Gasteiger partial charge is 0.142 e. The molecular weight excluding hydrogens is 240 g/mol. The number of aromatic nitrogens is 3. The molecule has 0 saturated heterocycles. The van der Waals surface area contributed by atoms with Gasteiger partial charge >= 0.3 is 0 Å². The minimum absolute atomic E-state index is 0.113. The van der Waals surface area contributed by atoms with Crippen LogP contribution in [0.3, 0.4) is 0 Å². The second-order valence-corrected chi connectivity index (χ2v) is 4.28. The summed E-state index contributed by atoms with van der Waals surface area (Å²) in [7, 11) is 0. The Morgan fingerprint density at radius 1 is 1.41 bits per heavy atom. The molecule has 2 aromatic heterocycles. The van der Waals surface area contributed by atoms with Crippen LogP contribution in [0.4, 0.5) is 5.00 Å². The first-order chi connectivity index (χ1) is 8.22. The topological polar surface area (TPSA) is 91.2 Å². The maximum atomic E-state index is 9.90. The van der Waals surface area contributed by atoms with Crippen LogP contribution in [-0.2, 0) is 13.2 Å². The van der Waals surface area contributed by atoms with Crippen LogP contribution in [0.5, 0.6) is 5.75 Å². The van der Waals surface area contributed by atoms with E-state index >= 15 is 0 Å². The van der Waals surface area contributed by atoms with Crippen molar-refractivity contribution < 1.29 is 10.2 Å². The van der Waals surface area contributed by atoms with E-state index in [1.165, 1.54) is 11.5 Å². The van der Waals surface area contributed by atoms with E-state index in [4.69, 9.17) is 0 Å². The molecule has 0 aromatic carbocycles. The van der Waals surface area contributed by atoms with Gasteiger partial charge in [0, 0.05) is 35.4 Å². The number of anilines is 1. The first-order valence-electron chi connectivity index (χ1n) is 5.00. The van der Waals surface area contributed by atoms with Gasteiger partial charge in [-0.3, -0.25) is 4.98 Å². The van der Waals surface area contributed by atoms with Crippen molar-refractivity contribution in [1.82, 2.24) is 14.6 Å². The molecule has 3 N–H and O–H groups in total. The Balaban J connectivity index is 2.21. The number of nitrogens with one attached hydrogen (secondary N) is 1. The monoisotopic (exact) mass is 252 g/mol. The highest BCUT2D eigenvalue weighted by Gasteiger charge is 2.11. The van der Waals surface area contributed by atoms with Crippen molar-refractivity contribution in [3.05, 3.63) is 29.2 Å². The molecule has 17 heavy (non-hydrogen) atoms. The van der Waals surface area contributed by atoms with Crippen molar-refractivity contribution in [2.75, 3.05) is 5.32 Å². The van der Waals surface area contributed by atoms with Gasteiger partial charge in [-0.25, -0.2) is 0 Å². The summed E-state index contributed by atoms with van der Waals surface area (Å²) in [4.78, 5) is 4.00. The second-order valence-electron chi connectivity index (χ2n) is 3.49. The van der Waals surface area contributed by atoms with E-state index in [2.05, 4.69) is 19.9 Å². The van der Waals surface area contributed by atoms with Crippen LogP contribution in [0.25, 0.3) is 0 Å². The molecule has 2 aromatic rings. The second kappa shape index (κ2) is 5.07. The molecular formula is C10H12N4O2S. The van der Waals surface area contributed by atoms with E-state index in [-0.39, 0.29) is 12.4 Å². The Kier molecular flexibility index (Phi) is 3.50. The highest BCUT2D eigenvalue weighted by atomic mass is 32.1. The van der Waals surface area contributed by atoms with Crippen molar-refractivity contribution in [3.63, 3.8) is 0 Å². The number of hydrogen-bond donors (Lipinski definition) is 3. The van der Waals surface area contributed by atoms with Crippen LogP contribution in [0.2, 0.25) is 0 Å². The first kappa shape index (κ1) is 11.7. The van der Waals surface area contributed by atoms with E-state index in [1.54, 1.807) is 19.3 Å². The quantitative estimate of drug-likeness (QED) is 0.753. The highest BCUT2D eigenvalue weighted by Crippen LogP contribution is 2.25. The standard InChI is InChI=1S/C10H12N4O2S/c1-6-10(16)8(7(5-15)2-11-6)3-12-9-4-13-14-17-9/h2,4,12,15-16H,3,5H2,1H3. The average Bonchev–Trinajstić information content (AvgIpc) is 2.84. The van der Waals surface area contributed by atoms with E-state index in [0.29, 0.717) is 23.4 Å². The maximum Gasteiger partial charge on any atom is 0.142 e. The molecule has 0 spiro atoms. The molecule has 0 aliphatic carbocycles. The number of aliphatic hydroxyl groups excluding tert-OH is 1. The SMILES string of the molecule is Cc1ncc(CO)c(CNc2cnns2)c1O. The van der Waals surface area contributed by atoms with Crippen LogP contribution in [0, 0.1) is 6.92 Å². The van der Waals surface area contributed by atoms with Crippen LogP contribution < -0.4 is 5.32 Å². The van der Waals surface area contributed by atoms with Crippen LogP contribution >= 0.6 is 11.5 Å². The number of nitrogens with zero attached hydrogens (tertiary/aromatic N) is 3. The minimum atomic E-state index is -0.154. The lowest BCUT2D eigenvalue weighted by molar-refractivity contribution is 0.279. The Bertz CT molecular complexity index is 501. The summed E-state index contributed by atoms with van der Waals surface area (Å²) in [6, 6.07) is 0. The van der Waals surface area contributed by atoms with Crippen molar-refractivity contribution in [2.24, 2.45) is 0 Å². The van der Waals surface area contributed by atoms with Crippen LogP contribution in [-0.4, -0.2) is 24.8 Å². The maximum absolute atomic E-state index is 9.90. The Labute approximate surface area is 102 Å². The summed E-state index contributed by atoms with van der Waals surface area (Å²) in [5.74, 6) is 0.113. The van der Waals surface area contributed by atoms with Gasteiger partial charge in [0.05, 0.1) is 18.5 Å². The first-order valence-corrected chi connectivity index (χ1v) is 5.78. The lowest BCUT2D eigenvalue weighted by Gasteiger charge is -2.11. The normalized spacial score (nSPS) is 10.5. The molecule has 0 radical (unpaired) electrons. The molecule has 0 aliphatic heterocycles. The van der Waals surface area contributed by atoms with Crippen molar-refractivity contribution in [2.45, 2.75) is 20.1 Å². The highest BCUT2D eigenvalue weighted by molar-refractivity contribution is 7.09. The Hall–Kier alpha value is -1.73. The molecule has 0 bridgehead atoms. The molecule has 0 amide bonds. The van der Waals surface area contributed by atoms with Crippen molar-refractivity contribution in [1.29, 1.82) is 0 Å². The van der Waals surface area contributed by atoms with Crippen LogP contribution in [0.1, 0.15) is 16.8 Å². The minimum Gasteiger partial charge on any atom is -0.506 e. The van der Waals surface area contributed by atoms with Gasteiger partial charge in [-0.1, -0.05) is 4.49 Å². The Morgan fingerprint density at radius 2 is 2.24 bits per heavy atom. The number of rotatable bonds is 4. The zero-order valence-corrected chi connectivity index (χ0v) is 10.0. The van der Waals surface area contributed by atoms with Gasteiger partial charge in [0.1, 0.15) is 10.8 Å². The fourth-order valence-corrected chi connectivity index (χ4v) is 1.85. The van der Waals surface area contributed by atoms with Gasteiger partial charge in [-0.2, -0.15) is 0 Å². The molecule has 6 nitrogen and oxygen atoms in total. The largest absolute Gasteiger partial charge is 0.506 e. The van der Waals surface area contributed by atoms with Crippen molar-refractivity contribution >= 4 is 16.5 Å². The van der Waals surface area contributed by atoms with E-state index < -0.39 is 0 Å². The van der Waals surface area contributed by atoms with Gasteiger partial charge in [0.25, 0.3) is 0 Å². The summed E-state index contributed by atoms with van der Waals surface area (Å²) in [5.41, 5.74) is 1.80. The lowest BCUT2D eigenvalue weighted by atomic mass is 10.1. The van der Waals surface area contributed by atoms with Gasteiger partial charge in [0.2, 0.25) is 0 Å². The predicted octanol–water partition coefficient (Wildman–Crippen LogP) is 1.05. The van der Waals surface area contributed by atoms with Gasteiger partial charge in [0.15, 0.2) is 0 Å². The summed E-state index contributed by atoms with van der Waals surface area (Å²) >= 11 is 1.23. The summed E-state index contributed by atoms with van der Waals surface area (Å²) < 4.78 is 3.72. The molecule has 2 rings (SSSR count). The number of aromatic hydroxyl groups is 1. The van der Waals surface area contributed by atoms with Gasteiger partial charge < -0.3 is 15.5 Å². The van der Waals surface area contributed by atoms with E-state index in [0.717, 1.165) is 5.00 Å². The molecule has 0 saturated carbocycles. The van der Waals surface area contributed by atoms with E-state index in [9.17, 15) is 10.2 Å². The third kappa shape index (κ3) is 2.51. The summed E-state index contributed by atoms with van der Waals surface area (Å²) in [6.45, 7) is 1.96. The summed E-state index contributed by atoms with van der Waals surface area (Å²) in [5, 5.41) is 26.7. The number of pyridine rings is 1. The Morgan fingerprint density at radius 3 is 2.88 bits per heavy atom. The zero-order valence-electron chi connectivity index (χ0n) is 9.21. The molecule has 2 heterocycles. The predicted molar refractivity (Wildman–Crippen MR) is 63.8 cm³/mol. The van der Waals surface area contributed by atoms with Crippen LogP contribution in [0.15, 0.2) is 12.4 Å². The molecule has 7 heteroatoms. The molecule has 0 unspecified atom stereocenters. The number of aryl methyl sites for hydroxylation is 1. The van der Waals surface area contributed by atoms with Gasteiger partial charge in [-0.05, 0) is 6.92 Å². The molecule has 0 atom stereocenters. The third-order valence-corrected chi connectivity index (χ3v) is 3.02. The fraction of sp³-hybridized carbons (Fsp3) is 0.300. The zero-order chi connectivity index (χ0) is 12.3. The average molecular weight is 252 g/mol. The fourth-order valence-electron chi connectivity index (χ4n) is 1.44. The van der Waals surface area contributed by atoms with E-state index in [1.807, 2.05) is 0 Å². The summed E-state index contributed by atoms with van der Waals surface area (Å²) in [6.07, 6.45) is 3.17. The third-order valence-electron chi connectivity index (χ3n) is 2.40. The lowest BCUT2D eigenvalue weighted by Crippen LogP contribution is -2.04. The van der Waals surface area contributed by atoms with Gasteiger partial charge in [-0.15, -0.1) is 5.10 Å². The molecule has 0 aliphatic rings. The number of aliphatic hydroxyl groups is 1. The molecule has 90 valence electrons. The van der Waals surface area contributed by atoms with Crippen molar-refractivity contribution in [3.8, 4) is 5.75 Å². The molecule has 0 fully saturated rings.